The summed E-state index contributed by atoms with van der Waals surface area (Å²) < 4.78 is 40.2. The van der Waals surface area contributed by atoms with E-state index in [0.29, 0.717) is 36.0 Å². The number of nitrogens with zero attached hydrogens (tertiary/aromatic N) is 2. The molecule has 1 aromatic carbocycles. The van der Waals surface area contributed by atoms with Crippen molar-refractivity contribution in [1.82, 2.24) is 9.62 Å². The summed E-state index contributed by atoms with van der Waals surface area (Å²) >= 11 is 0.534. The molecule has 0 fully saturated rings. The molecule has 2 N–H and O–H groups in total. The Morgan fingerprint density at radius 1 is 1.36 bits per heavy atom. The van der Waals surface area contributed by atoms with Crippen LogP contribution in [0, 0.1) is 14.4 Å². The van der Waals surface area contributed by atoms with Gasteiger partial charge in [-0.2, -0.15) is 0 Å². The average molecular weight is 462 g/mol. The van der Waals surface area contributed by atoms with Gasteiger partial charge in [0, 0.05) is 30.3 Å². The van der Waals surface area contributed by atoms with Crippen molar-refractivity contribution in [3.63, 3.8) is 0 Å². The summed E-state index contributed by atoms with van der Waals surface area (Å²) in [5.41, 5.74) is 4.10. The van der Waals surface area contributed by atoms with Gasteiger partial charge in [-0.15, -0.1) is 0 Å². The SMILES string of the molecule is C=C1c2cc(C)cc(C(C)NSO)c2N=C(CC(F)(F)CC)N1CCC.[CH3-].[Cu+]. The molecule has 1 atom stereocenters. The first kappa shape index (κ1) is 27.1. The van der Waals surface area contributed by atoms with Crippen LogP contribution in [-0.4, -0.2) is 27.8 Å². The smallest absolute Gasteiger partial charge is 0.358 e. The predicted molar refractivity (Wildman–Crippen MR) is 112 cm³/mol. The average Bonchev–Trinajstić information content (AvgIpc) is 2.58. The molecule has 0 radical (unpaired) electrons. The van der Waals surface area contributed by atoms with Crippen LogP contribution in [0.2, 0.25) is 0 Å². The van der Waals surface area contributed by atoms with E-state index in [1.807, 2.05) is 37.8 Å². The summed E-state index contributed by atoms with van der Waals surface area (Å²) in [5, 5.41) is 0. The van der Waals surface area contributed by atoms with E-state index in [4.69, 9.17) is 4.55 Å². The number of hydrogen-bond acceptors (Lipinski definition) is 5. The number of benzene rings is 1. The number of halogens is 2. The van der Waals surface area contributed by atoms with Crippen molar-refractivity contribution in [1.29, 1.82) is 0 Å². The number of fused-ring (bicyclic) bond motifs is 1. The second-order valence-corrected chi connectivity index (χ2v) is 7.11. The summed E-state index contributed by atoms with van der Waals surface area (Å²) in [6.45, 7) is 12.1. The second-order valence-electron chi connectivity index (χ2n) is 6.69. The van der Waals surface area contributed by atoms with E-state index in [1.54, 1.807) is 0 Å². The molecule has 1 aromatic rings. The Hall–Kier alpha value is -0.921. The standard InChI is InChI=1S/C19H27F2N3OS.CH3.Cu/c1-6-8-24-14(5)16-10-12(3)9-15(13(4)23-26-25)18(16)22-17(24)11-19(20,21)7-2;;/h9-10,13,23,25H,5-8,11H2,1-4H3;1H3;/q;-1;+1. The van der Waals surface area contributed by atoms with E-state index >= 15 is 0 Å². The minimum Gasteiger partial charge on any atom is -0.358 e. The first-order valence-electron chi connectivity index (χ1n) is 8.86. The van der Waals surface area contributed by atoms with Gasteiger partial charge in [0.25, 0.3) is 5.92 Å². The van der Waals surface area contributed by atoms with Crippen molar-refractivity contribution < 1.29 is 30.4 Å². The molecule has 4 nitrogen and oxygen atoms in total. The van der Waals surface area contributed by atoms with Crippen LogP contribution < -0.4 is 4.72 Å². The Balaban J connectivity index is 0.00000364. The van der Waals surface area contributed by atoms with Gasteiger partial charge >= 0.3 is 17.1 Å². The van der Waals surface area contributed by atoms with E-state index in [2.05, 4.69) is 16.3 Å². The number of rotatable bonds is 8. The maximum absolute atomic E-state index is 14.1. The van der Waals surface area contributed by atoms with Gasteiger partial charge in [-0.3, -0.25) is 0 Å². The molecule has 1 aliphatic rings. The van der Waals surface area contributed by atoms with Gasteiger partial charge in [-0.25, -0.2) is 18.5 Å². The molecule has 1 heterocycles. The normalized spacial score (nSPS) is 14.6. The minimum atomic E-state index is -2.81. The molecule has 1 aliphatic heterocycles. The molecule has 0 aliphatic carbocycles. The van der Waals surface area contributed by atoms with Crippen LogP contribution >= 0.6 is 12.2 Å². The number of amidine groups is 1. The Labute approximate surface area is 182 Å². The molecule has 1 unspecified atom stereocenters. The van der Waals surface area contributed by atoms with Gasteiger partial charge in [0.2, 0.25) is 0 Å². The van der Waals surface area contributed by atoms with Crippen molar-refractivity contribution in [3.05, 3.63) is 42.8 Å². The molecule has 0 bridgehead atoms. The third-order valence-corrected chi connectivity index (χ3v) is 5.01. The van der Waals surface area contributed by atoms with Gasteiger partial charge in [0.1, 0.15) is 5.84 Å². The third-order valence-electron chi connectivity index (χ3n) is 4.55. The topological polar surface area (TPSA) is 47.9 Å². The van der Waals surface area contributed by atoms with Gasteiger partial charge < -0.3 is 16.9 Å². The maximum atomic E-state index is 14.1. The number of hydrogen-bond donors (Lipinski definition) is 2. The van der Waals surface area contributed by atoms with Gasteiger partial charge in [0.05, 0.1) is 24.3 Å². The van der Waals surface area contributed by atoms with E-state index in [9.17, 15) is 8.78 Å². The summed E-state index contributed by atoms with van der Waals surface area (Å²) in [4.78, 5) is 6.46. The van der Waals surface area contributed by atoms with Crippen molar-refractivity contribution in [2.45, 2.75) is 58.9 Å². The molecule has 0 saturated carbocycles. The van der Waals surface area contributed by atoms with Gasteiger partial charge in [0.15, 0.2) is 0 Å². The fourth-order valence-corrected chi connectivity index (χ4v) is 3.38. The third kappa shape index (κ3) is 6.04. The molecule has 0 amide bonds. The first-order chi connectivity index (χ1) is 12.2. The van der Waals surface area contributed by atoms with Gasteiger partial charge in [-0.05, 0) is 37.5 Å². The van der Waals surface area contributed by atoms with Crippen molar-refractivity contribution in [2.24, 2.45) is 4.99 Å². The fraction of sp³-hybridized carbons (Fsp3) is 0.500. The Morgan fingerprint density at radius 3 is 2.54 bits per heavy atom. The van der Waals surface area contributed by atoms with Crippen LogP contribution in [0.1, 0.15) is 62.8 Å². The van der Waals surface area contributed by atoms with E-state index in [1.165, 1.54) is 6.92 Å². The molecule has 0 saturated heterocycles. The molecule has 2 rings (SSSR count). The van der Waals surface area contributed by atoms with Crippen LogP contribution in [0.4, 0.5) is 14.5 Å². The summed E-state index contributed by atoms with van der Waals surface area (Å²) in [7, 11) is 0. The molecule has 8 heteroatoms. The maximum Gasteiger partial charge on any atom is 1.00 e. The number of nitrogens with one attached hydrogen (secondary N) is 1. The van der Waals surface area contributed by atoms with Crippen LogP contribution in [0.25, 0.3) is 5.70 Å². The molecular weight excluding hydrogens is 432 g/mol. The fourth-order valence-electron chi connectivity index (χ4n) is 3.09. The zero-order valence-electron chi connectivity index (χ0n) is 17.1. The molecule has 0 aromatic heterocycles. The Bertz CT molecular complexity index is 713. The van der Waals surface area contributed by atoms with E-state index in [0.717, 1.165) is 23.1 Å². The largest absolute Gasteiger partial charge is 1.00 e. The van der Waals surface area contributed by atoms with Crippen molar-refractivity contribution in [2.75, 3.05) is 6.54 Å². The monoisotopic (exact) mass is 461 g/mol. The zero-order chi connectivity index (χ0) is 19.5. The van der Waals surface area contributed by atoms with Crippen LogP contribution in [-0.2, 0) is 17.1 Å². The van der Waals surface area contributed by atoms with E-state index in [-0.39, 0.29) is 37.0 Å². The Morgan fingerprint density at radius 2 is 2.00 bits per heavy atom. The summed E-state index contributed by atoms with van der Waals surface area (Å²) in [6, 6.07) is 3.76. The van der Waals surface area contributed by atoms with Crippen LogP contribution in [0.15, 0.2) is 23.7 Å². The molecule has 0 spiro atoms. The quantitative estimate of drug-likeness (QED) is 0.204. The van der Waals surface area contributed by atoms with Gasteiger partial charge in [-0.1, -0.05) is 26.5 Å². The number of aliphatic imine (C=N–C) groups is 1. The Kier molecular flexibility index (Phi) is 10.9. The molecular formula is C20H30CuF2N3OS. The molecule has 28 heavy (non-hydrogen) atoms. The zero-order valence-corrected chi connectivity index (χ0v) is 18.8. The summed E-state index contributed by atoms with van der Waals surface area (Å²) in [5.74, 6) is -2.46. The van der Waals surface area contributed by atoms with Crippen LogP contribution in [0.3, 0.4) is 0 Å². The minimum absolute atomic E-state index is 0. The summed E-state index contributed by atoms with van der Waals surface area (Å²) in [6.07, 6.45) is 0.167. The second kappa shape index (κ2) is 11.3. The molecule has 162 valence electrons. The number of aryl methyl sites for hydroxylation is 1. The van der Waals surface area contributed by atoms with Crippen LogP contribution in [0.5, 0.6) is 0 Å². The number of alkyl halides is 2. The van der Waals surface area contributed by atoms with Crippen molar-refractivity contribution >= 4 is 29.4 Å². The predicted octanol–water partition coefficient (Wildman–Crippen LogP) is 6.38. The van der Waals surface area contributed by atoms with Crippen molar-refractivity contribution in [3.8, 4) is 0 Å². The first-order valence-corrected chi connectivity index (χ1v) is 9.64. The van der Waals surface area contributed by atoms with E-state index < -0.39 is 12.3 Å².